The summed E-state index contributed by atoms with van der Waals surface area (Å²) < 4.78 is 18.6. The standard InChI is InChI=1S/C11H16FNO/c1-2-14-10-5-3-9(4-6-10)11(12)7-8-13/h3-6,11H,2,7-8,13H2,1H3. The third-order valence-electron chi connectivity index (χ3n) is 1.97. The Hall–Kier alpha value is -1.09. The van der Waals surface area contributed by atoms with Gasteiger partial charge in [-0.25, -0.2) is 4.39 Å². The molecule has 0 saturated carbocycles. The van der Waals surface area contributed by atoms with Gasteiger partial charge in [0.15, 0.2) is 0 Å². The van der Waals surface area contributed by atoms with Crippen molar-refractivity contribution in [3.05, 3.63) is 29.8 Å². The van der Waals surface area contributed by atoms with Crippen LogP contribution in [0.15, 0.2) is 24.3 Å². The van der Waals surface area contributed by atoms with E-state index in [1.807, 2.05) is 6.92 Å². The van der Waals surface area contributed by atoms with E-state index in [0.29, 0.717) is 25.1 Å². The molecule has 1 rings (SSSR count). The highest BCUT2D eigenvalue weighted by molar-refractivity contribution is 5.28. The van der Waals surface area contributed by atoms with Crippen LogP contribution in [-0.2, 0) is 0 Å². The van der Waals surface area contributed by atoms with Gasteiger partial charge in [-0.3, -0.25) is 0 Å². The molecule has 1 unspecified atom stereocenters. The molecular weight excluding hydrogens is 181 g/mol. The van der Waals surface area contributed by atoms with E-state index in [1.165, 1.54) is 0 Å². The number of hydrogen-bond acceptors (Lipinski definition) is 2. The van der Waals surface area contributed by atoms with Crippen LogP contribution in [0.5, 0.6) is 5.75 Å². The SMILES string of the molecule is CCOc1ccc(C(F)CCN)cc1. The van der Waals surface area contributed by atoms with E-state index in [2.05, 4.69) is 0 Å². The monoisotopic (exact) mass is 197 g/mol. The number of hydrogen-bond donors (Lipinski definition) is 1. The van der Waals surface area contributed by atoms with Gasteiger partial charge in [-0.2, -0.15) is 0 Å². The maximum atomic E-state index is 13.3. The molecule has 0 aliphatic carbocycles. The van der Waals surface area contributed by atoms with E-state index in [4.69, 9.17) is 10.5 Å². The predicted octanol–water partition coefficient (Wildman–Crippen LogP) is 2.44. The molecule has 1 aromatic rings. The Morgan fingerprint density at radius 1 is 1.36 bits per heavy atom. The Balaban J connectivity index is 2.62. The van der Waals surface area contributed by atoms with Crippen molar-refractivity contribution < 1.29 is 9.13 Å². The highest BCUT2D eigenvalue weighted by Gasteiger charge is 2.07. The zero-order valence-corrected chi connectivity index (χ0v) is 8.37. The van der Waals surface area contributed by atoms with Crippen LogP contribution in [0.2, 0.25) is 0 Å². The summed E-state index contributed by atoms with van der Waals surface area (Å²) in [5.74, 6) is 0.774. The van der Waals surface area contributed by atoms with Crippen molar-refractivity contribution in [3.63, 3.8) is 0 Å². The van der Waals surface area contributed by atoms with Crippen LogP contribution in [0.4, 0.5) is 4.39 Å². The van der Waals surface area contributed by atoms with Gasteiger partial charge in [0.1, 0.15) is 11.9 Å². The summed E-state index contributed by atoms with van der Waals surface area (Å²) >= 11 is 0. The van der Waals surface area contributed by atoms with Crippen LogP contribution in [0.25, 0.3) is 0 Å². The second-order valence-corrected chi connectivity index (χ2v) is 3.05. The van der Waals surface area contributed by atoms with Gasteiger partial charge in [-0.15, -0.1) is 0 Å². The summed E-state index contributed by atoms with van der Waals surface area (Å²) in [6.45, 7) is 2.91. The van der Waals surface area contributed by atoms with Gasteiger partial charge in [-0.05, 0) is 37.6 Å². The number of ether oxygens (including phenoxy) is 1. The van der Waals surface area contributed by atoms with Crippen molar-refractivity contribution in [3.8, 4) is 5.75 Å². The average molecular weight is 197 g/mol. The predicted molar refractivity (Wildman–Crippen MR) is 55.1 cm³/mol. The molecule has 3 heteroatoms. The summed E-state index contributed by atoms with van der Waals surface area (Å²) in [7, 11) is 0. The minimum Gasteiger partial charge on any atom is -0.494 e. The smallest absolute Gasteiger partial charge is 0.126 e. The van der Waals surface area contributed by atoms with Crippen molar-refractivity contribution in [1.29, 1.82) is 0 Å². The number of halogens is 1. The normalized spacial score (nSPS) is 12.5. The van der Waals surface area contributed by atoms with Gasteiger partial charge in [0, 0.05) is 0 Å². The van der Waals surface area contributed by atoms with Crippen LogP contribution in [0, 0.1) is 0 Å². The lowest BCUT2D eigenvalue weighted by molar-refractivity contribution is 0.325. The molecule has 0 spiro atoms. The molecular formula is C11H16FNO. The fourth-order valence-electron chi connectivity index (χ4n) is 1.25. The van der Waals surface area contributed by atoms with E-state index in [1.54, 1.807) is 24.3 Å². The fourth-order valence-corrected chi connectivity index (χ4v) is 1.25. The molecule has 78 valence electrons. The highest BCUT2D eigenvalue weighted by atomic mass is 19.1. The number of rotatable bonds is 5. The molecule has 0 aliphatic rings. The van der Waals surface area contributed by atoms with Crippen LogP contribution < -0.4 is 10.5 Å². The topological polar surface area (TPSA) is 35.2 Å². The number of benzene rings is 1. The molecule has 1 atom stereocenters. The van der Waals surface area contributed by atoms with Gasteiger partial charge >= 0.3 is 0 Å². The van der Waals surface area contributed by atoms with Crippen molar-refractivity contribution in [2.45, 2.75) is 19.5 Å². The molecule has 2 N–H and O–H groups in total. The largest absolute Gasteiger partial charge is 0.494 e. The van der Waals surface area contributed by atoms with Gasteiger partial charge in [0.2, 0.25) is 0 Å². The second-order valence-electron chi connectivity index (χ2n) is 3.05. The molecule has 0 heterocycles. The first-order valence-electron chi connectivity index (χ1n) is 4.84. The highest BCUT2D eigenvalue weighted by Crippen LogP contribution is 2.22. The molecule has 0 radical (unpaired) electrons. The lowest BCUT2D eigenvalue weighted by Crippen LogP contribution is -2.03. The maximum Gasteiger partial charge on any atom is 0.126 e. The Morgan fingerprint density at radius 3 is 2.50 bits per heavy atom. The lowest BCUT2D eigenvalue weighted by Gasteiger charge is -2.08. The fraction of sp³-hybridized carbons (Fsp3) is 0.455. The Bertz CT molecular complexity index is 260. The van der Waals surface area contributed by atoms with E-state index >= 15 is 0 Å². The third-order valence-corrected chi connectivity index (χ3v) is 1.97. The molecule has 1 aromatic carbocycles. The summed E-state index contributed by atoms with van der Waals surface area (Å²) in [5.41, 5.74) is 5.95. The first-order chi connectivity index (χ1) is 6.77. The zero-order chi connectivity index (χ0) is 10.4. The van der Waals surface area contributed by atoms with Crippen molar-refractivity contribution >= 4 is 0 Å². The van der Waals surface area contributed by atoms with Gasteiger partial charge < -0.3 is 10.5 Å². The minimum atomic E-state index is -0.962. The summed E-state index contributed by atoms with van der Waals surface area (Å²) in [4.78, 5) is 0. The molecule has 14 heavy (non-hydrogen) atoms. The van der Waals surface area contributed by atoms with Crippen molar-refractivity contribution in [1.82, 2.24) is 0 Å². The summed E-state index contributed by atoms with van der Waals surface area (Å²) in [6.07, 6.45) is -0.593. The maximum absolute atomic E-state index is 13.3. The molecule has 2 nitrogen and oxygen atoms in total. The van der Waals surface area contributed by atoms with E-state index in [9.17, 15) is 4.39 Å². The second kappa shape index (κ2) is 5.60. The van der Waals surface area contributed by atoms with Gasteiger partial charge in [-0.1, -0.05) is 12.1 Å². The van der Waals surface area contributed by atoms with Crippen LogP contribution in [0.1, 0.15) is 25.1 Å². The minimum absolute atomic E-state index is 0.369. The number of nitrogens with two attached hydrogens (primary N) is 1. The van der Waals surface area contributed by atoms with E-state index in [-0.39, 0.29) is 0 Å². The molecule has 0 amide bonds. The first kappa shape index (κ1) is 11.0. The molecule has 0 bridgehead atoms. The Labute approximate surface area is 83.9 Å². The van der Waals surface area contributed by atoms with E-state index < -0.39 is 6.17 Å². The average Bonchev–Trinajstić information content (AvgIpc) is 2.20. The van der Waals surface area contributed by atoms with Gasteiger partial charge in [0.25, 0.3) is 0 Å². The molecule has 0 aliphatic heterocycles. The van der Waals surface area contributed by atoms with Crippen molar-refractivity contribution in [2.75, 3.05) is 13.2 Å². The first-order valence-corrected chi connectivity index (χ1v) is 4.84. The molecule has 0 fully saturated rings. The quantitative estimate of drug-likeness (QED) is 0.786. The molecule has 0 saturated heterocycles. The zero-order valence-electron chi connectivity index (χ0n) is 8.37. The van der Waals surface area contributed by atoms with Crippen LogP contribution in [-0.4, -0.2) is 13.2 Å². The third kappa shape index (κ3) is 3.00. The van der Waals surface area contributed by atoms with Crippen LogP contribution >= 0.6 is 0 Å². The van der Waals surface area contributed by atoms with Crippen LogP contribution in [0.3, 0.4) is 0 Å². The lowest BCUT2D eigenvalue weighted by atomic mass is 10.1. The van der Waals surface area contributed by atoms with Gasteiger partial charge in [0.05, 0.1) is 6.61 Å². The molecule has 0 aromatic heterocycles. The Morgan fingerprint density at radius 2 is 2.00 bits per heavy atom. The summed E-state index contributed by atoms with van der Waals surface area (Å²) in [5, 5.41) is 0. The van der Waals surface area contributed by atoms with E-state index in [0.717, 1.165) is 5.75 Å². The van der Waals surface area contributed by atoms with Crippen molar-refractivity contribution in [2.24, 2.45) is 5.73 Å². The summed E-state index contributed by atoms with van der Waals surface area (Å²) in [6, 6.07) is 7.04. The Kier molecular flexibility index (Phi) is 4.40. The number of alkyl halides is 1.